The van der Waals surface area contributed by atoms with Crippen molar-refractivity contribution in [3.8, 4) is 16.9 Å². The minimum atomic E-state index is -3.94. The Hall–Kier alpha value is -2.76. The number of ether oxygens (including phenoxy) is 1. The number of nitrogens with zero attached hydrogens (tertiary/aromatic N) is 4. The van der Waals surface area contributed by atoms with E-state index in [-0.39, 0.29) is 42.3 Å². The average molecular weight is 492 g/mol. The third-order valence-corrected chi connectivity index (χ3v) is 7.91. The second-order valence-corrected chi connectivity index (χ2v) is 10.5. The van der Waals surface area contributed by atoms with Crippen LogP contribution in [0.3, 0.4) is 0 Å². The monoisotopic (exact) mass is 491 g/mol. The number of fused-ring (bicyclic) bond motifs is 1. The molecule has 0 radical (unpaired) electrons. The van der Waals surface area contributed by atoms with Gasteiger partial charge in [0, 0.05) is 50.1 Å². The van der Waals surface area contributed by atoms with Crippen LogP contribution in [0.4, 0.5) is 4.79 Å². The van der Waals surface area contributed by atoms with E-state index in [0.29, 0.717) is 12.1 Å². The van der Waals surface area contributed by atoms with Gasteiger partial charge < -0.3 is 20.1 Å². The van der Waals surface area contributed by atoms with Crippen LogP contribution >= 0.6 is 0 Å². The Bertz CT molecular complexity index is 1080. The molecular weight excluding hydrogens is 458 g/mol. The van der Waals surface area contributed by atoms with Crippen molar-refractivity contribution in [2.24, 2.45) is 5.92 Å². The van der Waals surface area contributed by atoms with Crippen LogP contribution in [0.5, 0.6) is 5.75 Å². The summed E-state index contributed by atoms with van der Waals surface area (Å²) in [6.07, 6.45) is 5.03. The van der Waals surface area contributed by atoms with Crippen LogP contribution < -0.4 is 10.1 Å². The van der Waals surface area contributed by atoms with Gasteiger partial charge in [0.25, 0.3) is 0 Å². The normalized spacial score (nSPS) is 20.9. The number of nitrogens with one attached hydrogen (secondary N) is 1. The lowest BCUT2D eigenvalue weighted by atomic mass is 10.0. The zero-order valence-electron chi connectivity index (χ0n) is 20.0. The van der Waals surface area contributed by atoms with Gasteiger partial charge in [0.2, 0.25) is 10.0 Å². The Balaban J connectivity index is 2.04. The average Bonchev–Trinajstić information content (AvgIpc) is 2.84. The Morgan fingerprint density at radius 1 is 1.32 bits per heavy atom. The minimum Gasteiger partial charge on any atom is -0.487 e. The summed E-state index contributed by atoms with van der Waals surface area (Å²) in [6, 6.07) is 4.02. The summed E-state index contributed by atoms with van der Waals surface area (Å²) in [4.78, 5) is 22.1. The SMILES string of the molecule is CCCNC(=O)N(C)C[C@H]1Oc2cc(-c3cncnc3)ccc2S(=O)(=O)N([C@@H](C)CO)C[C@H]1C. The fraction of sp³-hybridized carbons (Fsp3) is 0.522. The van der Waals surface area contributed by atoms with Crippen LogP contribution in [0.2, 0.25) is 0 Å². The fourth-order valence-corrected chi connectivity index (χ4v) is 5.62. The molecule has 186 valence electrons. The number of likely N-dealkylation sites (N-methyl/N-ethyl adjacent to an activating group) is 1. The number of aromatic nitrogens is 2. The van der Waals surface area contributed by atoms with Crippen LogP contribution in [0.25, 0.3) is 11.1 Å². The maximum atomic E-state index is 13.6. The summed E-state index contributed by atoms with van der Waals surface area (Å²) in [7, 11) is -2.26. The van der Waals surface area contributed by atoms with E-state index in [4.69, 9.17) is 4.74 Å². The number of hydrogen-bond donors (Lipinski definition) is 2. The molecule has 0 saturated carbocycles. The third kappa shape index (κ3) is 5.65. The largest absolute Gasteiger partial charge is 0.487 e. The van der Waals surface area contributed by atoms with Gasteiger partial charge in [0.05, 0.1) is 13.2 Å². The lowest BCUT2D eigenvalue weighted by Gasteiger charge is -2.37. The van der Waals surface area contributed by atoms with Gasteiger partial charge in [0.1, 0.15) is 23.1 Å². The Kier molecular flexibility index (Phi) is 8.45. The molecule has 2 heterocycles. The number of amides is 2. The van der Waals surface area contributed by atoms with Crippen LogP contribution in [0.15, 0.2) is 41.8 Å². The first-order chi connectivity index (χ1) is 16.2. The van der Waals surface area contributed by atoms with E-state index in [1.807, 2.05) is 13.8 Å². The zero-order valence-corrected chi connectivity index (χ0v) is 20.8. The Morgan fingerprint density at radius 2 is 2.03 bits per heavy atom. The molecule has 0 saturated heterocycles. The lowest BCUT2D eigenvalue weighted by molar-refractivity contribution is 0.0813. The van der Waals surface area contributed by atoms with Crippen molar-refractivity contribution < 1.29 is 23.1 Å². The van der Waals surface area contributed by atoms with Crippen LogP contribution in [0, 0.1) is 5.92 Å². The molecule has 1 aliphatic rings. The van der Waals surface area contributed by atoms with E-state index < -0.39 is 22.2 Å². The van der Waals surface area contributed by atoms with Gasteiger partial charge in [-0.15, -0.1) is 0 Å². The molecule has 34 heavy (non-hydrogen) atoms. The summed E-state index contributed by atoms with van der Waals surface area (Å²) >= 11 is 0. The van der Waals surface area contributed by atoms with E-state index in [2.05, 4.69) is 15.3 Å². The molecule has 1 aromatic carbocycles. The first-order valence-corrected chi connectivity index (χ1v) is 12.8. The second-order valence-electron chi connectivity index (χ2n) is 8.64. The van der Waals surface area contributed by atoms with Crippen molar-refractivity contribution in [3.05, 3.63) is 36.9 Å². The fourth-order valence-electron chi connectivity index (χ4n) is 3.79. The van der Waals surface area contributed by atoms with Crippen molar-refractivity contribution in [3.63, 3.8) is 0 Å². The van der Waals surface area contributed by atoms with Crippen LogP contribution in [0.1, 0.15) is 27.2 Å². The van der Waals surface area contributed by atoms with E-state index >= 15 is 0 Å². The van der Waals surface area contributed by atoms with Crippen molar-refractivity contribution in [1.29, 1.82) is 0 Å². The van der Waals surface area contributed by atoms with Crippen LogP contribution in [-0.2, 0) is 10.0 Å². The molecule has 11 heteroatoms. The van der Waals surface area contributed by atoms with E-state index in [0.717, 1.165) is 12.0 Å². The summed E-state index contributed by atoms with van der Waals surface area (Å²) in [5.41, 5.74) is 1.42. The molecule has 1 aliphatic heterocycles. The molecule has 0 aliphatic carbocycles. The molecule has 2 N–H and O–H groups in total. The molecule has 2 aromatic rings. The Labute approximate surface area is 201 Å². The molecule has 0 unspecified atom stereocenters. The van der Waals surface area contributed by atoms with Crippen molar-refractivity contribution >= 4 is 16.1 Å². The molecule has 0 bridgehead atoms. The molecule has 3 rings (SSSR count). The van der Waals surface area contributed by atoms with Gasteiger partial charge in [-0.25, -0.2) is 23.2 Å². The number of aliphatic hydroxyl groups is 1. The molecule has 0 fully saturated rings. The zero-order chi connectivity index (χ0) is 24.9. The number of sulfonamides is 1. The van der Waals surface area contributed by atoms with Gasteiger partial charge in [-0.3, -0.25) is 0 Å². The quantitative estimate of drug-likeness (QED) is 0.607. The number of carbonyl (C=O) groups excluding carboxylic acids is 1. The number of aliphatic hydroxyl groups excluding tert-OH is 1. The molecule has 10 nitrogen and oxygen atoms in total. The number of hydrogen-bond acceptors (Lipinski definition) is 7. The van der Waals surface area contributed by atoms with Crippen molar-refractivity contribution in [2.45, 2.75) is 44.2 Å². The molecule has 1 aromatic heterocycles. The van der Waals surface area contributed by atoms with Crippen molar-refractivity contribution in [2.75, 3.05) is 33.3 Å². The highest BCUT2D eigenvalue weighted by molar-refractivity contribution is 7.89. The number of benzene rings is 1. The minimum absolute atomic E-state index is 0.0170. The third-order valence-electron chi connectivity index (χ3n) is 5.89. The van der Waals surface area contributed by atoms with Gasteiger partial charge in [-0.1, -0.05) is 19.9 Å². The maximum Gasteiger partial charge on any atom is 0.317 e. The van der Waals surface area contributed by atoms with Crippen LogP contribution in [-0.4, -0.2) is 84.2 Å². The maximum absolute atomic E-state index is 13.6. The highest BCUT2D eigenvalue weighted by Gasteiger charge is 2.38. The van der Waals surface area contributed by atoms with Gasteiger partial charge in [-0.2, -0.15) is 4.31 Å². The topological polar surface area (TPSA) is 125 Å². The van der Waals surface area contributed by atoms with E-state index in [1.54, 1.807) is 43.4 Å². The van der Waals surface area contributed by atoms with Gasteiger partial charge in [-0.05, 0) is 31.0 Å². The lowest BCUT2D eigenvalue weighted by Crippen LogP contribution is -2.51. The van der Waals surface area contributed by atoms with Crippen molar-refractivity contribution in [1.82, 2.24) is 24.5 Å². The molecule has 2 amide bonds. The number of urea groups is 1. The standard InChI is InChI=1S/C23H33N5O5S/c1-5-8-26-23(30)27(4)13-21-16(2)12-28(17(3)14-29)34(31,32)22-7-6-18(9-20(22)33-21)19-10-24-15-25-11-19/h6-7,9-11,15-17,21,29H,5,8,12-14H2,1-4H3,(H,26,30)/t16-,17+,21-/m1/s1. The highest BCUT2D eigenvalue weighted by atomic mass is 32.2. The van der Waals surface area contributed by atoms with E-state index in [1.165, 1.54) is 16.7 Å². The molecule has 3 atom stereocenters. The first kappa shape index (κ1) is 25.9. The summed E-state index contributed by atoms with van der Waals surface area (Å²) in [6.45, 7) is 6.19. The van der Waals surface area contributed by atoms with E-state index in [9.17, 15) is 18.3 Å². The Morgan fingerprint density at radius 3 is 2.68 bits per heavy atom. The number of rotatable bonds is 7. The summed E-state index contributed by atoms with van der Waals surface area (Å²) < 4.78 is 34.7. The summed E-state index contributed by atoms with van der Waals surface area (Å²) in [5.74, 6) is -0.0718. The highest BCUT2D eigenvalue weighted by Crippen LogP contribution is 2.36. The number of carbonyl (C=O) groups is 1. The molecular formula is C23H33N5O5S. The van der Waals surface area contributed by atoms with Gasteiger partial charge in [0.15, 0.2) is 0 Å². The second kappa shape index (κ2) is 11.1. The first-order valence-electron chi connectivity index (χ1n) is 11.4. The van der Waals surface area contributed by atoms with Gasteiger partial charge >= 0.3 is 6.03 Å². The predicted octanol–water partition coefficient (Wildman–Crippen LogP) is 1.96. The smallest absolute Gasteiger partial charge is 0.317 e. The molecule has 0 spiro atoms. The predicted molar refractivity (Wildman–Crippen MR) is 128 cm³/mol. The summed E-state index contributed by atoms with van der Waals surface area (Å²) in [5, 5.41) is 12.6.